The molecule has 1 aromatic rings. The Morgan fingerprint density at radius 1 is 1.35 bits per heavy atom. The maximum Gasteiger partial charge on any atom is 0.308 e. The maximum atomic E-state index is 10.9. The molecular weight excluding hydrogens is 222 g/mol. The lowest BCUT2D eigenvalue weighted by molar-refractivity contribution is -0.141. The largest absolute Gasteiger partial charge is 0.486 e. The van der Waals surface area contributed by atoms with Crippen molar-refractivity contribution in [1.82, 2.24) is 0 Å². The molecule has 2 unspecified atom stereocenters. The average molecular weight is 237 g/mol. The Labute approximate surface area is 99.1 Å². The second-order valence-corrected chi connectivity index (χ2v) is 4.06. The minimum atomic E-state index is -0.910. The summed E-state index contributed by atoms with van der Waals surface area (Å²) in [6.07, 6.45) is 0. The van der Waals surface area contributed by atoms with E-state index in [0.29, 0.717) is 24.7 Å². The predicted octanol–water partition coefficient (Wildman–Crippen LogP) is 1.18. The molecule has 0 fully saturated rings. The topological polar surface area (TPSA) is 81.8 Å². The minimum Gasteiger partial charge on any atom is -0.486 e. The van der Waals surface area contributed by atoms with Crippen LogP contribution in [0.5, 0.6) is 11.5 Å². The van der Waals surface area contributed by atoms with E-state index < -0.39 is 17.9 Å². The summed E-state index contributed by atoms with van der Waals surface area (Å²) in [4.78, 5) is 10.9. The van der Waals surface area contributed by atoms with E-state index in [1.807, 2.05) is 0 Å². The van der Waals surface area contributed by atoms with Crippen molar-refractivity contribution < 1.29 is 19.4 Å². The van der Waals surface area contributed by atoms with E-state index in [2.05, 4.69) is 0 Å². The molecule has 5 nitrogen and oxygen atoms in total. The van der Waals surface area contributed by atoms with Crippen LogP contribution in [0.15, 0.2) is 18.2 Å². The van der Waals surface area contributed by atoms with Gasteiger partial charge in [0.2, 0.25) is 0 Å². The van der Waals surface area contributed by atoms with Crippen molar-refractivity contribution in [3.8, 4) is 11.5 Å². The predicted molar refractivity (Wildman–Crippen MR) is 61.2 cm³/mol. The monoisotopic (exact) mass is 237 g/mol. The molecule has 0 saturated carbocycles. The number of ether oxygens (including phenoxy) is 2. The number of carbonyl (C=O) groups is 1. The van der Waals surface area contributed by atoms with Gasteiger partial charge in [-0.25, -0.2) is 0 Å². The minimum absolute atomic E-state index is 0.500. The Kier molecular flexibility index (Phi) is 3.19. The summed E-state index contributed by atoms with van der Waals surface area (Å²) in [5.41, 5.74) is 6.64. The van der Waals surface area contributed by atoms with Gasteiger partial charge in [0.15, 0.2) is 11.5 Å². The van der Waals surface area contributed by atoms with Gasteiger partial charge < -0.3 is 20.3 Å². The van der Waals surface area contributed by atoms with E-state index in [-0.39, 0.29) is 0 Å². The molecule has 5 heteroatoms. The van der Waals surface area contributed by atoms with Crippen LogP contribution < -0.4 is 15.2 Å². The lowest BCUT2D eigenvalue weighted by Gasteiger charge is -2.21. The van der Waals surface area contributed by atoms with Crippen molar-refractivity contribution in [2.75, 3.05) is 13.2 Å². The zero-order valence-corrected chi connectivity index (χ0v) is 9.55. The molecule has 0 spiro atoms. The molecule has 92 valence electrons. The number of hydrogen-bond acceptors (Lipinski definition) is 4. The molecule has 0 radical (unpaired) electrons. The summed E-state index contributed by atoms with van der Waals surface area (Å²) in [6, 6.07) is 4.73. The van der Waals surface area contributed by atoms with Crippen LogP contribution in [0.4, 0.5) is 0 Å². The molecule has 1 heterocycles. The molecule has 1 aliphatic heterocycles. The summed E-state index contributed by atoms with van der Waals surface area (Å²) in [7, 11) is 0. The lowest BCUT2D eigenvalue weighted by atomic mass is 9.95. The van der Waals surface area contributed by atoms with E-state index >= 15 is 0 Å². The first-order chi connectivity index (χ1) is 8.09. The van der Waals surface area contributed by atoms with E-state index in [0.717, 1.165) is 5.56 Å². The van der Waals surface area contributed by atoms with Crippen LogP contribution in [0.2, 0.25) is 0 Å². The standard InChI is InChI=1S/C12H15NO4/c1-7(12(14)15)11(13)8-2-3-9-10(6-8)17-5-4-16-9/h2-3,6-7,11H,4-5,13H2,1H3,(H,14,15). The third kappa shape index (κ3) is 2.34. The van der Waals surface area contributed by atoms with Crippen LogP contribution in [0.3, 0.4) is 0 Å². The number of benzene rings is 1. The first kappa shape index (κ1) is 11.7. The molecule has 0 saturated heterocycles. The van der Waals surface area contributed by atoms with Crippen molar-refractivity contribution in [2.24, 2.45) is 11.7 Å². The summed E-state index contributed by atoms with van der Waals surface area (Å²) in [5.74, 6) is -0.248. The highest BCUT2D eigenvalue weighted by Crippen LogP contribution is 2.33. The molecule has 17 heavy (non-hydrogen) atoms. The number of carboxylic acid groups (broad SMARTS) is 1. The fraction of sp³-hybridized carbons (Fsp3) is 0.417. The van der Waals surface area contributed by atoms with Crippen molar-refractivity contribution in [2.45, 2.75) is 13.0 Å². The first-order valence-electron chi connectivity index (χ1n) is 5.47. The van der Waals surface area contributed by atoms with Gasteiger partial charge in [-0.15, -0.1) is 0 Å². The molecule has 2 atom stereocenters. The molecular formula is C12H15NO4. The van der Waals surface area contributed by atoms with Gasteiger partial charge in [-0.2, -0.15) is 0 Å². The fourth-order valence-corrected chi connectivity index (χ4v) is 1.71. The van der Waals surface area contributed by atoms with Crippen LogP contribution in [0.25, 0.3) is 0 Å². The molecule has 1 aromatic carbocycles. The first-order valence-corrected chi connectivity index (χ1v) is 5.47. The molecule has 0 aromatic heterocycles. The van der Waals surface area contributed by atoms with Gasteiger partial charge >= 0.3 is 5.97 Å². The Hall–Kier alpha value is -1.75. The maximum absolute atomic E-state index is 10.9. The fourth-order valence-electron chi connectivity index (χ4n) is 1.71. The van der Waals surface area contributed by atoms with Crippen LogP contribution in [-0.4, -0.2) is 24.3 Å². The Morgan fingerprint density at radius 2 is 2.00 bits per heavy atom. The summed E-state index contributed by atoms with van der Waals surface area (Å²) in [5, 5.41) is 8.92. The number of nitrogens with two attached hydrogens (primary N) is 1. The highest BCUT2D eigenvalue weighted by atomic mass is 16.6. The number of carboxylic acids is 1. The highest BCUT2D eigenvalue weighted by Gasteiger charge is 2.23. The van der Waals surface area contributed by atoms with Crippen LogP contribution in [0, 0.1) is 5.92 Å². The van der Waals surface area contributed by atoms with Crippen molar-refractivity contribution >= 4 is 5.97 Å². The molecule has 0 bridgehead atoms. The molecule has 0 aliphatic carbocycles. The Balaban J connectivity index is 2.24. The number of aliphatic carboxylic acids is 1. The SMILES string of the molecule is CC(C(=O)O)C(N)c1ccc2c(c1)OCCO2. The lowest BCUT2D eigenvalue weighted by Crippen LogP contribution is -2.26. The highest BCUT2D eigenvalue weighted by molar-refractivity contribution is 5.70. The quantitative estimate of drug-likeness (QED) is 0.824. The molecule has 2 rings (SSSR count). The number of hydrogen-bond donors (Lipinski definition) is 2. The van der Waals surface area contributed by atoms with E-state index in [1.165, 1.54) is 0 Å². The van der Waals surface area contributed by atoms with E-state index in [9.17, 15) is 4.79 Å². The van der Waals surface area contributed by atoms with Gasteiger partial charge in [0.1, 0.15) is 13.2 Å². The summed E-state index contributed by atoms with van der Waals surface area (Å²) < 4.78 is 10.8. The van der Waals surface area contributed by atoms with Gasteiger partial charge in [0.25, 0.3) is 0 Å². The normalized spacial score (nSPS) is 17.3. The third-order valence-corrected chi connectivity index (χ3v) is 2.88. The molecule has 1 aliphatic rings. The van der Waals surface area contributed by atoms with Crippen LogP contribution in [-0.2, 0) is 4.79 Å². The third-order valence-electron chi connectivity index (χ3n) is 2.88. The Morgan fingerprint density at radius 3 is 2.65 bits per heavy atom. The molecule has 0 amide bonds. The zero-order chi connectivity index (χ0) is 12.4. The van der Waals surface area contributed by atoms with Gasteiger partial charge in [-0.1, -0.05) is 13.0 Å². The summed E-state index contributed by atoms with van der Waals surface area (Å²) in [6.45, 7) is 2.62. The van der Waals surface area contributed by atoms with Crippen molar-refractivity contribution in [3.63, 3.8) is 0 Å². The van der Waals surface area contributed by atoms with Gasteiger partial charge in [-0.3, -0.25) is 4.79 Å². The second-order valence-electron chi connectivity index (χ2n) is 4.06. The number of rotatable bonds is 3. The van der Waals surface area contributed by atoms with Gasteiger partial charge in [0.05, 0.1) is 5.92 Å². The molecule has 3 N–H and O–H groups in total. The van der Waals surface area contributed by atoms with Gasteiger partial charge in [-0.05, 0) is 17.7 Å². The average Bonchev–Trinajstić information content (AvgIpc) is 2.36. The van der Waals surface area contributed by atoms with Crippen LogP contribution in [0.1, 0.15) is 18.5 Å². The van der Waals surface area contributed by atoms with Crippen molar-refractivity contribution in [3.05, 3.63) is 23.8 Å². The van der Waals surface area contributed by atoms with E-state index in [1.54, 1.807) is 25.1 Å². The smallest absolute Gasteiger partial charge is 0.308 e. The zero-order valence-electron chi connectivity index (χ0n) is 9.55. The Bertz CT molecular complexity index is 433. The van der Waals surface area contributed by atoms with Crippen LogP contribution >= 0.6 is 0 Å². The van der Waals surface area contributed by atoms with Gasteiger partial charge in [0, 0.05) is 6.04 Å². The van der Waals surface area contributed by atoms with E-state index in [4.69, 9.17) is 20.3 Å². The number of fused-ring (bicyclic) bond motifs is 1. The second kappa shape index (κ2) is 4.63. The van der Waals surface area contributed by atoms with Crippen molar-refractivity contribution in [1.29, 1.82) is 0 Å². The summed E-state index contributed by atoms with van der Waals surface area (Å²) >= 11 is 0.